The molecule has 0 atom stereocenters. The van der Waals surface area contributed by atoms with Crippen molar-refractivity contribution in [3.63, 3.8) is 0 Å². The lowest BCUT2D eigenvalue weighted by molar-refractivity contribution is -0.123. The van der Waals surface area contributed by atoms with E-state index in [1.165, 1.54) is 11.5 Å². The molecule has 1 fully saturated rings. The highest BCUT2D eigenvalue weighted by molar-refractivity contribution is 7.06. The molecular formula is C14H22N4O2S. The number of carbonyl (C=O) groups excluding carboxylic acids is 2. The molecule has 0 unspecified atom stereocenters. The molecule has 1 aromatic rings. The van der Waals surface area contributed by atoms with Crippen molar-refractivity contribution in [1.29, 1.82) is 0 Å². The average Bonchev–Trinajstić information content (AvgIpc) is 2.82. The van der Waals surface area contributed by atoms with E-state index in [9.17, 15) is 9.59 Å². The number of amides is 2. The third-order valence-corrected chi connectivity index (χ3v) is 5.14. The fourth-order valence-corrected chi connectivity index (χ4v) is 4.10. The fraction of sp³-hybridized carbons (Fsp3) is 0.643. The van der Waals surface area contributed by atoms with E-state index >= 15 is 0 Å². The molecule has 116 valence electrons. The molecule has 0 aliphatic heterocycles. The smallest absolute Gasteiger partial charge is 0.251 e. The van der Waals surface area contributed by atoms with Crippen LogP contribution < -0.4 is 16.8 Å². The molecule has 2 rings (SSSR count). The highest BCUT2D eigenvalue weighted by Crippen LogP contribution is 2.41. The first-order valence-corrected chi connectivity index (χ1v) is 8.05. The van der Waals surface area contributed by atoms with Gasteiger partial charge in [0.25, 0.3) is 5.91 Å². The van der Waals surface area contributed by atoms with Gasteiger partial charge < -0.3 is 16.8 Å². The van der Waals surface area contributed by atoms with Crippen LogP contribution in [-0.2, 0) is 10.3 Å². The average molecular weight is 310 g/mol. The van der Waals surface area contributed by atoms with Gasteiger partial charge >= 0.3 is 0 Å². The summed E-state index contributed by atoms with van der Waals surface area (Å²) in [6.45, 7) is 2.09. The zero-order valence-corrected chi connectivity index (χ0v) is 13.1. The number of aryl methyl sites for hydroxylation is 1. The van der Waals surface area contributed by atoms with Crippen LogP contribution in [0.4, 0.5) is 0 Å². The summed E-state index contributed by atoms with van der Waals surface area (Å²) in [4.78, 5) is 24.6. The Labute approximate surface area is 128 Å². The van der Waals surface area contributed by atoms with Crippen molar-refractivity contribution in [2.24, 2.45) is 11.5 Å². The molecule has 1 aliphatic rings. The fourth-order valence-electron chi connectivity index (χ4n) is 3.01. The number of rotatable bonds is 5. The molecule has 7 heteroatoms. The second-order valence-corrected chi connectivity index (χ2v) is 6.34. The normalized spacial score (nSPS) is 17.4. The van der Waals surface area contributed by atoms with E-state index in [1.54, 1.807) is 6.92 Å². The molecule has 0 aromatic carbocycles. The Morgan fingerprint density at radius 1 is 1.33 bits per heavy atom. The van der Waals surface area contributed by atoms with Gasteiger partial charge in [0.15, 0.2) is 0 Å². The summed E-state index contributed by atoms with van der Waals surface area (Å²) in [5.41, 5.74) is 11.6. The Balaban J connectivity index is 2.40. The lowest BCUT2D eigenvalue weighted by Crippen LogP contribution is -2.48. The quantitative estimate of drug-likeness (QED) is 0.758. The van der Waals surface area contributed by atoms with Crippen molar-refractivity contribution in [3.05, 3.63) is 16.1 Å². The number of nitrogens with one attached hydrogen (secondary N) is 1. The third kappa shape index (κ3) is 3.24. The maximum atomic E-state index is 12.1. The topological polar surface area (TPSA) is 111 Å². The molecule has 0 radical (unpaired) electrons. The van der Waals surface area contributed by atoms with Crippen LogP contribution in [0.25, 0.3) is 0 Å². The number of nitrogens with zero attached hydrogens (tertiary/aromatic N) is 1. The van der Waals surface area contributed by atoms with Crippen molar-refractivity contribution >= 4 is 23.3 Å². The van der Waals surface area contributed by atoms with Gasteiger partial charge in [0.1, 0.15) is 0 Å². The van der Waals surface area contributed by atoms with Crippen molar-refractivity contribution < 1.29 is 9.59 Å². The Hall–Kier alpha value is -1.47. The molecule has 1 heterocycles. The first-order chi connectivity index (χ1) is 10.00. The Morgan fingerprint density at radius 3 is 2.57 bits per heavy atom. The molecule has 6 nitrogen and oxygen atoms in total. The van der Waals surface area contributed by atoms with Gasteiger partial charge in [-0.1, -0.05) is 19.3 Å². The van der Waals surface area contributed by atoms with Crippen molar-refractivity contribution in [2.75, 3.05) is 6.54 Å². The zero-order valence-electron chi connectivity index (χ0n) is 12.3. The summed E-state index contributed by atoms with van der Waals surface area (Å²) >= 11 is 1.27. The van der Waals surface area contributed by atoms with Gasteiger partial charge in [-0.3, -0.25) is 9.59 Å². The van der Waals surface area contributed by atoms with E-state index in [1.807, 2.05) is 0 Å². The summed E-state index contributed by atoms with van der Waals surface area (Å²) in [6, 6.07) is 0. The number of nitrogens with two attached hydrogens (primary N) is 2. The minimum Gasteiger partial charge on any atom is -0.366 e. The molecule has 0 spiro atoms. The molecule has 5 N–H and O–H groups in total. The Morgan fingerprint density at radius 2 is 2.00 bits per heavy atom. The summed E-state index contributed by atoms with van der Waals surface area (Å²) in [5, 5.41) is 3.10. The number of hydrogen-bond donors (Lipinski definition) is 3. The number of hydrogen-bond acceptors (Lipinski definition) is 5. The maximum absolute atomic E-state index is 12.1. The predicted molar refractivity (Wildman–Crippen MR) is 81.9 cm³/mol. The first-order valence-electron chi connectivity index (χ1n) is 7.28. The zero-order chi connectivity index (χ0) is 15.5. The monoisotopic (exact) mass is 310 g/mol. The van der Waals surface area contributed by atoms with Crippen LogP contribution in [-0.4, -0.2) is 22.7 Å². The molecule has 0 saturated heterocycles. The van der Waals surface area contributed by atoms with E-state index in [2.05, 4.69) is 9.69 Å². The second-order valence-electron chi connectivity index (χ2n) is 5.57. The Bertz CT molecular complexity index is 535. The van der Waals surface area contributed by atoms with Gasteiger partial charge in [-0.2, -0.15) is 4.37 Å². The summed E-state index contributed by atoms with van der Waals surface area (Å²) in [7, 11) is 0. The van der Waals surface area contributed by atoms with E-state index in [-0.39, 0.29) is 12.3 Å². The van der Waals surface area contributed by atoms with Crippen molar-refractivity contribution in [1.82, 2.24) is 9.69 Å². The predicted octanol–water partition coefficient (Wildman–Crippen LogP) is 1.17. The minimum atomic E-state index is -0.513. The van der Waals surface area contributed by atoms with Crippen LogP contribution in [0, 0.1) is 6.92 Å². The van der Waals surface area contributed by atoms with Crippen LogP contribution in [0.2, 0.25) is 0 Å². The highest BCUT2D eigenvalue weighted by atomic mass is 32.1. The van der Waals surface area contributed by atoms with Crippen molar-refractivity contribution in [2.45, 2.75) is 51.0 Å². The summed E-state index contributed by atoms with van der Waals surface area (Å²) in [5.74, 6) is -0.560. The van der Waals surface area contributed by atoms with E-state index < -0.39 is 11.4 Å². The summed E-state index contributed by atoms with van der Waals surface area (Å²) < 4.78 is 4.28. The third-order valence-electron chi connectivity index (χ3n) is 4.00. The lowest BCUT2D eigenvalue weighted by Gasteiger charge is -2.37. The molecule has 1 aliphatic carbocycles. The molecule has 2 amide bonds. The van der Waals surface area contributed by atoms with Gasteiger partial charge in [-0.15, -0.1) is 0 Å². The number of primary amides is 1. The SMILES string of the molecule is Cc1nsc(C2(NC(=O)CCN)CCCCC2)c1C(N)=O. The standard InChI is InChI=1S/C14H22N4O2S/c1-9-11(13(16)20)12(21-18-9)14(6-3-2-4-7-14)17-10(19)5-8-15/h2-8,15H2,1H3,(H2,16,20)(H,17,19). The van der Waals surface area contributed by atoms with Crippen LogP contribution in [0.15, 0.2) is 0 Å². The van der Waals surface area contributed by atoms with Crippen LogP contribution in [0.5, 0.6) is 0 Å². The van der Waals surface area contributed by atoms with E-state index in [0.717, 1.165) is 37.0 Å². The molecular weight excluding hydrogens is 288 g/mol. The van der Waals surface area contributed by atoms with Gasteiger partial charge in [0, 0.05) is 13.0 Å². The first kappa shape index (κ1) is 15.9. The van der Waals surface area contributed by atoms with Gasteiger partial charge in [-0.25, -0.2) is 0 Å². The highest BCUT2D eigenvalue weighted by Gasteiger charge is 2.40. The molecule has 1 saturated carbocycles. The minimum absolute atomic E-state index is 0.0825. The van der Waals surface area contributed by atoms with Crippen LogP contribution >= 0.6 is 11.5 Å². The van der Waals surface area contributed by atoms with Gasteiger partial charge in [0.2, 0.25) is 5.91 Å². The lowest BCUT2D eigenvalue weighted by atomic mass is 9.78. The second kappa shape index (κ2) is 6.53. The van der Waals surface area contributed by atoms with Crippen LogP contribution in [0.1, 0.15) is 59.5 Å². The van der Waals surface area contributed by atoms with Gasteiger partial charge in [0.05, 0.1) is 21.7 Å². The van der Waals surface area contributed by atoms with Gasteiger partial charge in [-0.05, 0) is 31.3 Å². The van der Waals surface area contributed by atoms with Crippen molar-refractivity contribution in [3.8, 4) is 0 Å². The van der Waals surface area contributed by atoms with Crippen LogP contribution in [0.3, 0.4) is 0 Å². The Kier molecular flexibility index (Phi) is 4.95. The summed E-state index contributed by atoms with van der Waals surface area (Å²) in [6.07, 6.45) is 5.07. The van der Waals surface area contributed by atoms with E-state index in [4.69, 9.17) is 11.5 Å². The molecule has 21 heavy (non-hydrogen) atoms. The molecule has 0 bridgehead atoms. The maximum Gasteiger partial charge on any atom is 0.251 e. The number of carbonyl (C=O) groups is 2. The largest absolute Gasteiger partial charge is 0.366 e. The number of aromatic nitrogens is 1. The van der Waals surface area contributed by atoms with E-state index in [0.29, 0.717) is 17.8 Å². The molecule has 1 aromatic heterocycles.